The second-order valence-corrected chi connectivity index (χ2v) is 11.2. The van der Waals surface area contributed by atoms with Crippen molar-refractivity contribution >= 4 is 27.3 Å². The van der Waals surface area contributed by atoms with Gasteiger partial charge in [0.1, 0.15) is 0 Å². The molecule has 27 heavy (non-hydrogen) atoms. The van der Waals surface area contributed by atoms with Crippen LogP contribution in [0.15, 0.2) is 24.3 Å². The predicted octanol–water partition coefficient (Wildman–Crippen LogP) is 4.88. The molecule has 0 aliphatic carbocycles. The van der Waals surface area contributed by atoms with E-state index in [-0.39, 0.29) is 35.6 Å². The van der Waals surface area contributed by atoms with E-state index in [1.54, 1.807) is 13.8 Å². The number of piperidine rings is 1. The van der Waals surface area contributed by atoms with Crippen LogP contribution in [0.3, 0.4) is 0 Å². The van der Waals surface area contributed by atoms with Crippen LogP contribution in [-0.4, -0.2) is 36.3 Å². The van der Waals surface area contributed by atoms with Crippen LogP contribution in [0.25, 0.3) is 0 Å². The molecule has 0 N–H and O–H groups in total. The molecule has 6 heteroatoms. The van der Waals surface area contributed by atoms with Gasteiger partial charge in [-0.1, -0.05) is 44.5 Å². The fourth-order valence-electron chi connectivity index (χ4n) is 3.80. The van der Waals surface area contributed by atoms with Crippen LogP contribution in [-0.2, 0) is 14.6 Å². The molecule has 0 saturated carbocycles. The predicted molar refractivity (Wildman–Crippen MR) is 112 cm³/mol. The maximum Gasteiger partial charge on any atom is 0.226 e. The Morgan fingerprint density at radius 3 is 2.19 bits per heavy atom. The van der Waals surface area contributed by atoms with Gasteiger partial charge in [-0.3, -0.25) is 4.79 Å². The van der Waals surface area contributed by atoms with Crippen molar-refractivity contribution in [3.63, 3.8) is 0 Å². The number of benzene rings is 1. The topological polar surface area (TPSA) is 54.5 Å². The Hall–Kier alpha value is -1.07. The van der Waals surface area contributed by atoms with Gasteiger partial charge in [0, 0.05) is 17.0 Å². The normalized spacial score (nSPS) is 22.5. The van der Waals surface area contributed by atoms with Crippen molar-refractivity contribution in [2.75, 3.05) is 5.75 Å². The maximum atomic E-state index is 13.3. The van der Waals surface area contributed by atoms with Gasteiger partial charge in [-0.2, -0.15) is 0 Å². The van der Waals surface area contributed by atoms with Crippen molar-refractivity contribution in [1.29, 1.82) is 0 Å². The molecule has 1 aliphatic heterocycles. The fraction of sp³-hybridized carbons (Fsp3) is 0.667. The first-order valence-corrected chi connectivity index (χ1v) is 12.0. The molecule has 0 spiro atoms. The molecule has 2 rings (SSSR count). The number of rotatable bonds is 7. The summed E-state index contributed by atoms with van der Waals surface area (Å²) >= 11 is 6.04. The average Bonchev–Trinajstić information content (AvgIpc) is 2.60. The van der Waals surface area contributed by atoms with Crippen molar-refractivity contribution in [2.45, 2.75) is 71.2 Å². The Balaban J connectivity index is 2.47. The third-order valence-corrected chi connectivity index (χ3v) is 8.22. The minimum Gasteiger partial charge on any atom is -0.331 e. The summed E-state index contributed by atoms with van der Waals surface area (Å²) in [7, 11) is -3.27. The number of carbonyl (C=O) groups excluding carboxylic acids is 1. The molecule has 0 bridgehead atoms. The number of halogens is 1. The fourth-order valence-corrected chi connectivity index (χ4v) is 5.33. The van der Waals surface area contributed by atoms with Gasteiger partial charge in [-0.15, -0.1) is 0 Å². The molecule has 4 nitrogen and oxygen atoms in total. The molecule has 1 aliphatic rings. The third-order valence-electron chi connectivity index (χ3n) is 5.72. The van der Waals surface area contributed by atoms with Crippen LogP contribution < -0.4 is 0 Å². The second kappa shape index (κ2) is 8.95. The number of hydrogen-bond acceptors (Lipinski definition) is 3. The van der Waals surface area contributed by atoms with Gasteiger partial charge in [-0.05, 0) is 56.7 Å². The molecular formula is C21H32ClNO3S. The highest BCUT2D eigenvalue weighted by Crippen LogP contribution is 2.39. The van der Waals surface area contributed by atoms with E-state index in [2.05, 4.69) is 0 Å². The van der Waals surface area contributed by atoms with Gasteiger partial charge < -0.3 is 4.90 Å². The molecule has 1 fully saturated rings. The first-order chi connectivity index (χ1) is 12.6. The lowest BCUT2D eigenvalue weighted by atomic mass is 9.84. The van der Waals surface area contributed by atoms with Crippen molar-refractivity contribution in [2.24, 2.45) is 11.8 Å². The highest BCUT2D eigenvalue weighted by molar-refractivity contribution is 7.92. The SMILES string of the molecule is CC[C@H]1CCC(c2ccc(Cl)cc2)N(C(CS(=O)(=O)C(C)C)C(C)C)C1=O. The largest absolute Gasteiger partial charge is 0.331 e. The minimum absolute atomic E-state index is 0.00853. The van der Waals surface area contributed by atoms with E-state index in [9.17, 15) is 13.2 Å². The first-order valence-electron chi connectivity index (χ1n) is 9.87. The molecule has 1 aromatic rings. The van der Waals surface area contributed by atoms with Crippen LogP contribution in [0.2, 0.25) is 5.02 Å². The molecule has 0 radical (unpaired) electrons. The molecule has 3 atom stereocenters. The summed E-state index contributed by atoms with van der Waals surface area (Å²) < 4.78 is 25.4. The Bertz CT molecular complexity index is 743. The van der Waals surface area contributed by atoms with Gasteiger partial charge >= 0.3 is 0 Å². The van der Waals surface area contributed by atoms with E-state index in [0.29, 0.717) is 5.02 Å². The van der Waals surface area contributed by atoms with Gasteiger partial charge in [-0.25, -0.2) is 8.42 Å². The van der Waals surface area contributed by atoms with Crippen LogP contribution in [0, 0.1) is 11.8 Å². The molecule has 1 heterocycles. The summed E-state index contributed by atoms with van der Waals surface area (Å²) in [6.07, 6.45) is 2.46. The maximum absolute atomic E-state index is 13.3. The van der Waals surface area contributed by atoms with Crippen molar-refractivity contribution < 1.29 is 13.2 Å². The van der Waals surface area contributed by atoms with Gasteiger partial charge in [0.25, 0.3) is 0 Å². The third kappa shape index (κ3) is 5.05. The summed E-state index contributed by atoms with van der Waals surface area (Å²) in [4.78, 5) is 15.2. The highest BCUT2D eigenvalue weighted by atomic mass is 35.5. The van der Waals surface area contributed by atoms with Crippen molar-refractivity contribution in [1.82, 2.24) is 4.90 Å². The van der Waals surface area contributed by atoms with E-state index in [1.807, 2.05) is 49.9 Å². The number of likely N-dealkylation sites (tertiary alicyclic amines) is 1. The molecular weight excluding hydrogens is 382 g/mol. The zero-order valence-corrected chi connectivity index (χ0v) is 18.6. The Morgan fingerprint density at radius 1 is 1.11 bits per heavy atom. The Kier molecular flexibility index (Phi) is 7.37. The lowest BCUT2D eigenvalue weighted by Crippen LogP contribution is -2.53. The van der Waals surface area contributed by atoms with E-state index in [0.717, 1.165) is 24.8 Å². The van der Waals surface area contributed by atoms with Crippen molar-refractivity contribution in [3.05, 3.63) is 34.9 Å². The van der Waals surface area contributed by atoms with Crippen LogP contribution in [0.5, 0.6) is 0 Å². The molecule has 152 valence electrons. The molecule has 0 aromatic heterocycles. The molecule has 1 amide bonds. The number of sulfone groups is 1. The molecule has 1 aromatic carbocycles. The smallest absolute Gasteiger partial charge is 0.226 e. The Morgan fingerprint density at radius 2 is 1.70 bits per heavy atom. The zero-order valence-electron chi connectivity index (χ0n) is 17.0. The second-order valence-electron chi connectivity index (χ2n) is 8.19. The van der Waals surface area contributed by atoms with E-state index >= 15 is 0 Å². The number of hydrogen-bond donors (Lipinski definition) is 0. The van der Waals surface area contributed by atoms with Gasteiger partial charge in [0.05, 0.1) is 17.0 Å². The summed E-state index contributed by atoms with van der Waals surface area (Å²) in [5.41, 5.74) is 1.02. The number of carbonyl (C=O) groups is 1. The first kappa shape index (κ1) is 22.2. The van der Waals surface area contributed by atoms with Crippen LogP contribution >= 0.6 is 11.6 Å². The Labute approximate surface area is 169 Å². The van der Waals surface area contributed by atoms with Gasteiger partial charge in [0.2, 0.25) is 5.91 Å². The summed E-state index contributed by atoms with van der Waals surface area (Å²) in [6.45, 7) is 9.44. The van der Waals surface area contributed by atoms with Gasteiger partial charge in [0.15, 0.2) is 9.84 Å². The summed E-state index contributed by atoms with van der Waals surface area (Å²) in [6, 6.07) is 7.13. The quantitative estimate of drug-likeness (QED) is 0.640. The molecule has 1 saturated heterocycles. The average molecular weight is 414 g/mol. The number of nitrogens with zero attached hydrogens (tertiary/aromatic N) is 1. The zero-order chi connectivity index (χ0) is 20.4. The standard InChI is InChI=1S/C21H32ClNO3S/c1-6-16-9-12-19(17-7-10-18(22)11-8-17)23(21(16)24)20(14(2)3)13-27(25,26)15(4)5/h7-8,10-11,14-16,19-20H,6,9,12-13H2,1-5H3/t16-,19?,20?/m0/s1. The highest BCUT2D eigenvalue weighted by Gasteiger charge is 2.41. The summed E-state index contributed by atoms with van der Waals surface area (Å²) in [5.74, 6) is 0.111. The van der Waals surface area contributed by atoms with Crippen molar-refractivity contribution in [3.8, 4) is 0 Å². The monoisotopic (exact) mass is 413 g/mol. The summed E-state index contributed by atoms with van der Waals surface area (Å²) in [5, 5.41) is 0.205. The van der Waals surface area contributed by atoms with E-state index < -0.39 is 15.1 Å². The molecule has 2 unspecified atom stereocenters. The van der Waals surface area contributed by atoms with Crippen LogP contribution in [0.1, 0.15) is 65.5 Å². The van der Waals surface area contributed by atoms with Crippen LogP contribution in [0.4, 0.5) is 0 Å². The minimum atomic E-state index is -3.27. The lowest BCUT2D eigenvalue weighted by molar-refractivity contribution is -0.146. The van der Waals surface area contributed by atoms with E-state index in [1.165, 1.54) is 0 Å². The van der Waals surface area contributed by atoms with E-state index in [4.69, 9.17) is 11.6 Å². The number of amides is 1. The lowest BCUT2D eigenvalue weighted by Gasteiger charge is -2.45.